The summed E-state index contributed by atoms with van der Waals surface area (Å²) in [6.45, 7) is 9.75. The van der Waals surface area contributed by atoms with Gasteiger partial charge in [-0.2, -0.15) is 0 Å². The monoisotopic (exact) mass is 764 g/mol. The van der Waals surface area contributed by atoms with Gasteiger partial charge in [0.2, 0.25) is 11.4 Å². The van der Waals surface area contributed by atoms with Crippen LogP contribution >= 0.6 is 10.3 Å². The molecule has 1 aliphatic rings. The van der Waals surface area contributed by atoms with Gasteiger partial charge in [0.1, 0.15) is 11.5 Å². The van der Waals surface area contributed by atoms with Crippen molar-refractivity contribution in [3.63, 3.8) is 0 Å². The second-order valence-corrected chi connectivity index (χ2v) is 20.3. The average Bonchev–Trinajstić information content (AvgIpc) is 3.61. The SMILES string of the molecule is CC(C)(C)S(C)(C)O.CN(CCCCCCCCCNCCc1ccc(O)c2[nH]c(=O)ccc12)Cc1cnc(C(O)(c2ccccc2)C2CCCCC2)o1. The number of nitrogens with one attached hydrogen (secondary N) is 2. The van der Waals surface area contributed by atoms with E-state index in [1.165, 1.54) is 51.0 Å². The summed E-state index contributed by atoms with van der Waals surface area (Å²) in [4.78, 5) is 21.2. The first kappa shape index (κ1) is 43.6. The van der Waals surface area contributed by atoms with E-state index in [0.717, 1.165) is 80.4 Å². The summed E-state index contributed by atoms with van der Waals surface area (Å²) in [5.41, 5.74) is 1.13. The number of unbranched alkanes of at least 4 members (excludes halogenated alkanes) is 6. The minimum absolute atomic E-state index is 0.0764. The van der Waals surface area contributed by atoms with Crippen molar-refractivity contribution in [3.05, 3.63) is 93.9 Å². The fraction of sp³-hybridized carbons (Fsp3) is 0.591. The summed E-state index contributed by atoms with van der Waals surface area (Å²) in [5, 5.41) is 26.5. The highest BCUT2D eigenvalue weighted by atomic mass is 32.3. The zero-order valence-corrected chi connectivity index (χ0v) is 34.6. The van der Waals surface area contributed by atoms with Crippen LogP contribution in [0.4, 0.5) is 0 Å². The number of benzene rings is 2. The van der Waals surface area contributed by atoms with Gasteiger partial charge in [-0.1, -0.05) is 109 Å². The molecule has 9 nitrogen and oxygen atoms in total. The van der Waals surface area contributed by atoms with Crippen LogP contribution in [0.5, 0.6) is 5.75 Å². The fourth-order valence-corrected chi connectivity index (χ4v) is 7.03. The van der Waals surface area contributed by atoms with Gasteiger partial charge >= 0.3 is 0 Å². The second kappa shape index (κ2) is 20.7. The summed E-state index contributed by atoms with van der Waals surface area (Å²) in [7, 11) is 0.789. The molecule has 5 rings (SSSR count). The Labute approximate surface area is 325 Å². The third-order valence-electron chi connectivity index (χ3n) is 11.1. The smallest absolute Gasteiger partial charge is 0.248 e. The number of H-pyrrole nitrogens is 1. The molecule has 2 heterocycles. The van der Waals surface area contributed by atoms with Gasteiger partial charge < -0.3 is 29.5 Å². The lowest BCUT2D eigenvalue weighted by Gasteiger charge is -2.38. The highest BCUT2D eigenvalue weighted by molar-refractivity contribution is 8.29. The number of aromatic hydroxyl groups is 1. The number of oxazole rings is 1. The first-order valence-corrected chi connectivity index (χ1v) is 22.5. The number of phenols is 1. The molecule has 0 saturated heterocycles. The molecule has 0 amide bonds. The molecular formula is C44H68N4O5S. The molecule has 0 spiro atoms. The maximum atomic E-state index is 12.0. The quantitative estimate of drug-likeness (QED) is 0.0633. The predicted molar refractivity (Wildman–Crippen MR) is 226 cm³/mol. The minimum atomic E-state index is -1.34. The van der Waals surface area contributed by atoms with Crippen molar-refractivity contribution < 1.29 is 19.2 Å². The maximum absolute atomic E-state index is 12.0. The van der Waals surface area contributed by atoms with Gasteiger partial charge in [0.15, 0.2) is 5.60 Å². The molecule has 0 bridgehead atoms. The van der Waals surface area contributed by atoms with Crippen LogP contribution < -0.4 is 10.9 Å². The summed E-state index contributed by atoms with van der Waals surface area (Å²) in [6, 6.07) is 16.8. The van der Waals surface area contributed by atoms with Crippen LogP contribution in [0.15, 0.2) is 70.0 Å². The van der Waals surface area contributed by atoms with E-state index in [4.69, 9.17) is 4.42 Å². The van der Waals surface area contributed by atoms with Gasteiger partial charge in [0.25, 0.3) is 0 Å². The Morgan fingerprint density at radius 3 is 2.22 bits per heavy atom. The Balaban J connectivity index is 0.000000730. The van der Waals surface area contributed by atoms with Gasteiger partial charge in [-0.25, -0.2) is 4.98 Å². The lowest BCUT2D eigenvalue weighted by molar-refractivity contribution is -0.0242. The van der Waals surface area contributed by atoms with Crippen molar-refractivity contribution >= 4 is 21.2 Å². The van der Waals surface area contributed by atoms with E-state index < -0.39 is 15.9 Å². The molecule has 10 heteroatoms. The molecule has 2 aromatic carbocycles. The van der Waals surface area contributed by atoms with Crippen LogP contribution in [-0.4, -0.2) is 73.6 Å². The molecule has 1 atom stereocenters. The Morgan fingerprint density at radius 1 is 0.907 bits per heavy atom. The van der Waals surface area contributed by atoms with E-state index in [2.05, 4.69) is 48.0 Å². The number of rotatable bonds is 18. The zero-order chi connectivity index (χ0) is 39.2. The Hall–Kier alpha value is -3.15. The van der Waals surface area contributed by atoms with Crippen molar-refractivity contribution in [2.75, 3.05) is 39.2 Å². The van der Waals surface area contributed by atoms with Gasteiger partial charge in [-0.05, 0) is 94.6 Å². The fourth-order valence-electron chi connectivity index (χ4n) is 7.03. The summed E-state index contributed by atoms with van der Waals surface area (Å²) >= 11 is 0. The molecule has 4 aromatic rings. The largest absolute Gasteiger partial charge is 0.506 e. The molecule has 1 aliphatic carbocycles. The number of nitrogens with zero attached hydrogens (tertiary/aromatic N) is 2. The molecule has 5 N–H and O–H groups in total. The third kappa shape index (κ3) is 12.7. The van der Waals surface area contributed by atoms with E-state index in [1.54, 1.807) is 18.3 Å². The Morgan fingerprint density at radius 2 is 1.56 bits per heavy atom. The normalized spacial score (nSPS) is 15.6. The first-order chi connectivity index (χ1) is 25.7. The summed E-state index contributed by atoms with van der Waals surface area (Å²) in [5.74, 6) is 1.48. The molecule has 0 aliphatic heterocycles. The van der Waals surface area contributed by atoms with Crippen molar-refractivity contribution in [1.82, 2.24) is 20.2 Å². The number of aliphatic hydroxyl groups is 1. The standard InChI is InChI=1S/C38H52N4O4.C6H16OS/c1-42(28-32-27-40-37(46-32)38(45,30-15-9-7-10-16-30)31-17-11-8-12-18-31)26-14-6-4-2-3-5-13-24-39-25-23-29-19-21-34(43)36-33(29)20-22-35(44)41-36;1-6(2,3)8(4,5)7/h7,9-10,15-16,19-22,27,31,39,43,45H,2-6,8,11-14,17-18,23-26,28H2,1H3,(H,41,44);7H,1-5H3. The summed E-state index contributed by atoms with van der Waals surface area (Å²) < 4.78 is 15.8. The van der Waals surface area contributed by atoms with E-state index in [9.17, 15) is 19.6 Å². The zero-order valence-electron chi connectivity index (χ0n) is 33.8. The van der Waals surface area contributed by atoms with Gasteiger partial charge in [-0.3, -0.25) is 9.69 Å². The topological polar surface area (TPSA) is 135 Å². The maximum Gasteiger partial charge on any atom is 0.248 e. The Bertz CT molecular complexity index is 1730. The van der Waals surface area contributed by atoms with Crippen molar-refractivity contribution in [2.24, 2.45) is 5.92 Å². The molecule has 2 aromatic heterocycles. The van der Waals surface area contributed by atoms with Crippen LogP contribution in [0, 0.1) is 5.92 Å². The number of phenolic OH excluding ortho intramolecular Hbond substituents is 1. The lowest BCUT2D eigenvalue weighted by Crippen LogP contribution is -2.38. The molecule has 0 radical (unpaired) electrons. The number of fused-ring (bicyclic) bond motifs is 1. The number of aromatic nitrogens is 2. The lowest BCUT2D eigenvalue weighted by atomic mass is 9.73. The number of hydrogen-bond acceptors (Lipinski definition) is 8. The number of pyridine rings is 1. The molecular weight excluding hydrogens is 697 g/mol. The Kier molecular flexibility index (Phi) is 16.7. The van der Waals surface area contributed by atoms with Crippen molar-refractivity contribution in [3.8, 4) is 5.75 Å². The highest BCUT2D eigenvalue weighted by Gasteiger charge is 2.44. The molecule has 54 heavy (non-hydrogen) atoms. The van der Waals surface area contributed by atoms with E-state index in [-0.39, 0.29) is 22.0 Å². The highest BCUT2D eigenvalue weighted by Crippen LogP contribution is 2.48. The van der Waals surface area contributed by atoms with E-state index >= 15 is 0 Å². The van der Waals surface area contributed by atoms with Crippen LogP contribution in [0.1, 0.15) is 121 Å². The summed E-state index contributed by atoms with van der Waals surface area (Å²) in [6.07, 6.45) is 20.6. The average molecular weight is 765 g/mol. The second-order valence-electron chi connectivity index (χ2n) is 16.6. The van der Waals surface area contributed by atoms with Crippen LogP contribution in [0.25, 0.3) is 10.9 Å². The molecule has 1 saturated carbocycles. The van der Waals surface area contributed by atoms with E-state index in [0.29, 0.717) is 18.0 Å². The number of hydrogen-bond donors (Lipinski definition) is 5. The van der Waals surface area contributed by atoms with Crippen molar-refractivity contribution in [2.45, 2.75) is 121 Å². The van der Waals surface area contributed by atoms with Gasteiger partial charge in [-0.15, -0.1) is 10.3 Å². The van der Waals surface area contributed by atoms with Crippen LogP contribution in [-0.2, 0) is 18.6 Å². The van der Waals surface area contributed by atoms with Crippen LogP contribution in [0.3, 0.4) is 0 Å². The molecule has 300 valence electrons. The van der Waals surface area contributed by atoms with Gasteiger partial charge in [0, 0.05) is 22.1 Å². The van der Waals surface area contributed by atoms with Crippen molar-refractivity contribution in [1.29, 1.82) is 0 Å². The van der Waals surface area contributed by atoms with Gasteiger partial charge in [0.05, 0.1) is 18.3 Å². The minimum Gasteiger partial charge on any atom is -0.506 e. The molecule has 1 fully saturated rings. The van der Waals surface area contributed by atoms with Crippen LogP contribution in [0.2, 0.25) is 0 Å². The molecule has 1 unspecified atom stereocenters. The first-order valence-electron chi connectivity index (χ1n) is 20.1. The predicted octanol–water partition coefficient (Wildman–Crippen LogP) is 9.35. The number of aromatic amines is 1. The third-order valence-corrected chi connectivity index (χ3v) is 14.1. The van der Waals surface area contributed by atoms with E-state index in [1.807, 2.05) is 48.9 Å².